The van der Waals surface area contributed by atoms with Gasteiger partial charge in [-0.2, -0.15) is 0 Å². The number of piperidine rings is 1. The van der Waals surface area contributed by atoms with Crippen molar-refractivity contribution < 1.29 is 0 Å². The molecule has 0 amide bonds. The van der Waals surface area contributed by atoms with E-state index in [4.69, 9.17) is 5.73 Å². The topological polar surface area (TPSA) is 32.5 Å². The summed E-state index contributed by atoms with van der Waals surface area (Å²) in [5, 5.41) is 0. The molecule has 3 nitrogen and oxygen atoms in total. The van der Waals surface area contributed by atoms with Gasteiger partial charge in [0.1, 0.15) is 0 Å². The number of likely N-dealkylation sites (tertiary alicyclic amines) is 1. The first-order chi connectivity index (χ1) is 6.65. The van der Waals surface area contributed by atoms with Crippen LogP contribution in [0.2, 0.25) is 0 Å². The Hall–Kier alpha value is -0.120. The monoisotopic (exact) mass is 199 g/mol. The molecule has 1 aliphatic heterocycles. The van der Waals surface area contributed by atoms with Gasteiger partial charge in [0.2, 0.25) is 0 Å². The van der Waals surface area contributed by atoms with Crippen molar-refractivity contribution in [3.63, 3.8) is 0 Å². The second kappa shape index (κ2) is 5.69. The van der Waals surface area contributed by atoms with Crippen molar-refractivity contribution >= 4 is 0 Å². The number of hydrogen-bond acceptors (Lipinski definition) is 3. The summed E-state index contributed by atoms with van der Waals surface area (Å²) in [6.07, 6.45) is 3.84. The third-order valence-corrected chi connectivity index (χ3v) is 3.33. The summed E-state index contributed by atoms with van der Waals surface area (Å²) in [5.41, 5.74) is 5.67. The highest BCUT2D eigenvalue weighted by molar-refractivity contribution is 4.82. The highest BCUT2D eigenvalue weighted by Crippen LogP contribution is 2.22. The van der Waals surface area contributed by atoms with Gasteiger partial charge in [-0.05, 0) is 59.4 Å². The summed E-state index contributed by atoms with van der Waals surface area (Å²) < 4.78 is 0. The largest absolute Gasteiger partial charge is 0.330 e. The van der Waals surface area contributed by atoms with Crippen LogP contribution in [0.4, 0.5) is 0 Å². The molecule has 3 heteroatoms. The number of hydrogen-bond donors (Lipinski definition) is 1. The van der Waals surface area contributed by atoms with Crippen molar-refractivity contribution in [1.29, 1.82) is 0 Å². The summed E-state index contributed by atoms with van der Waals surface area (Å²) in [6, 6.07) is 0.669. The zero-order valence-corrected chi connectivity index (χ0v) is 9.87. The molecule has 14 heavy (non-hydrogen) atoms. The van der Waals surface area contributed by atoms with Crippen molar-refractivity contribution in [2.75, 3.05) is 40.8 Å². The summed E-state index contributed by atoms with van der Waals surface area (Å²) in [7, 11) is 6.57. The van der Waals surface area contributed by atoms with Gasteiger partial charge in [-0.1, -0.05) is 0 Å². The molecule has 2 atom stereocenters. The van der Waals surface area contributed by atoms with Crippen LogP contribution < -0.4 is 5.73 Å². The van der Waals surface area contributed by atoms with Crippen molar-refractivity contribution in [1.82, 2.24) is 9.80 Å². The van der Waals surface area contributed by atoms with Crippen LogP contribution in [0.3, 0.4) is 0 Å². The molecular formula is C11H25N3. The number of nitrogens with two attached hydrogens (primary N) is 1. The lowest BCUT2D eigenvalue weighted by atomic mass is 9.88. The molecule has 1 rings (SSSR count). The smallest absolute Gasteiger partial charge is 0.0142 e. The molecule has 0 aromatic heterocycles. The average Bonchev–Trinajstić information content (AvgIpc) is 2.13. The fourth-order valence-corrected chi connectivity index (χ4v) is 2.61. The van der Waals surface area contributed by atoms with E-state index in [1.165, 1.54) is 25.9 Å². The Labute approximate surface area is 88.2 Å². The predicted octanol–water partition coefficient (Wildman–Crippen LogP) is 0.607. The predicted molar refractivity (Wildman–Crippen MR) is 61.4 cm³/mol. The molecule has 1 fully saturated rings. The first-order valence-corrected chi connectivity index (χ1v) is 5.70. The zero-order chi connectivity index (χ0) is 10.6. The summed E-state index contributed by atoms with van der Waals surface area (Å²) in [4.78, 5) is 4.79. The third kappa shape index (κ3) is 3.23. The second-order valence-corrected chi connectivity index (χ2v) is 4.77. The van der Waals surface area contributed by atoms with Crippen LogP contribution >= 0.6 is 0 Å². The van der Waals surface area contributed by atoms with Gasteiger partial charge in [0, 0.05) is 12.6 Å². The fourth-order valence-electron chi connectivity index (χ4n) is 2.61. The van der Waals surface area contributed by atoms with Gasteiger partial charge in [0.25, 0.3) is 0 Å². The summed E-state index contributed by atoms with van der Waals surface area (Å²) in [5.74, 6) is 0.812. The quantitative estimate of drug-likeness (QED) is 0.720. The molecule has 0 aromatic rings. The van der Waals surface area contributed by atoms with E-state index in [0.29, 0.717) is 6.04 Å². The van der Waals surface area contributed by atoms with E-state index in [9.17, 15) is 0 Å². The van der Waals surface area contributed by atoms with Crippen LogP contribution in [0.1, 0.15) is 19.3 Å². The third-order valence-electron chi connectivity index (χ3n) is 3.33. The maximum Gasteiger partial charge on any atom is 0.0142 e. The molecule has 0 spiro atoms. The van der Waals surface area contributed by atoms with Crippen LogP contribution in [0, 0.1) is 5.92 Å². The molecule has 2 unspecified atom stereocenters. The van der Waals surface area contributed by atoms with E-state index in [1.54, 1.807) is 0 Å². The number of rotatable bonds is 4. The molecule has 84 valence electrons. The fraction of sp³-hybridized carbons (Fsp3) is 1.00. The lowest BCUT2D eigenvalue weighted by Gasteiger charge is -2.38. The molecule has 0 radical (unpaired) electrons. The summed E-state index contributed by atoms with van der Waals surface area (Å²) >= 11 is 0. The average molecular weight is 199 g/mol. The number of nitrogens with zero attached hydrogens (tertiary/aromatic N) is 2. The van der Waals surface area contributed by atoms with Crippen molar-refractivity contribution in [3.05, 3.63) is 0 Å². The van der Waals surface area contributed by atoms with Crippen molar-refractivity contribution in [2.24, 2.45) is 11.7 Å². The van der Waals surface area contributed by atoms with Gasteiger partial charge in [-0.15, -0.1) is 0 Å². The Morgan fingerprint density at radius 2 is 2.21 bits per heavy atom. The maximum absolute atomic E-state index is 5.67. The van der Waals surface area contributed by atoms with Gasteiger partial charge >= 0.3 is 0 Å². The Morgan fingerprint density at radius 3 is 2.71 bits per heavy atom. The highest BCUT2D eigenvalue weighted by atomic mass is 15.1. The lowest BCUT2D eigenvalue weighted by Crippen LogP contribution is -2.44. The van der Waals surface area contributed by atoms with Gasteiger partial charge < -0.3 is 15.5 Å². The Bertz CT molecular complexity index is 159. The Kier molecular flexibility index (Phi) is 4.85. The standard InChI is InChI=1S/C11H25N3/c1-13(2)11(6-7-12)10-5-4-8-14(3)9-10/h10-11H,4-9,12H2,1-3H3. The highest BCUT2D eigenvalue weighted by Gasteiger charge is 2.26. The molecule has 0 aromatic carbocycles. The molecular weight excluding hydrogens is 174 g/mol. The van der Waals surface area contributed by atoms with Gasteiger partial charge in [-0.25, -0.2) is 0 Å². The van der Waals surface area contributed by atoms with Gasteiger partial charge in [0.05, 0.1) is 0 Å². The minimum Gasteiger partial charge on any atom is -0.330 e. The van der Waals surface area contributed by atoms with Crippen LogP contribution in [0.5, 0.6) is 0 Å². The van der Waals surface area contributed by atoms with Crippen molar-refractivity contribution in [3.8, 4) is 0 Å². The lowest BCUT2D eigenvalue weighted by molar-refractivity contribution is 0.117. The van der Waals surface area contributed by atoms with E-state index in [1.807, 2.05) is 0 Å². The van der Waals surface area contributed by atoms with E-state index in [-0.39, 0.29) is 0 Å². The zero-order valence-electron chi connectivity index (χ0n) is 9.87. The minimum absolute atomic E-state index is 0.669. The maximum atomic E-state index is 5.67. The first kappa shape index (κ1) is 12.0. The SMILES string of the molecule is CN1CCCC(C(CCN)N(C)C)C1. The van der Waals surface area contributed by atoms with Crippen LogP contribution in [0.15, 0.2) is 0 Å². The minimum atomic E-state index is 0.669. The molecule has 0 saturated carbocycles. The van der Waals surface area contributed by atoms with Crippen molar-refractivity contribution in [2.45, 2.75) is 25.3 Å². The summed E-state index contributed by atoms with van der Waals surface area (Å²) in [6.45, 7) is 3.31. The molecule has 1 heterocycles. The Morgan fingerprint density at radius 1 is 1.50 bits per heavy atom. The molecule has 0 aliphatic carbocycles. The molecule has 2 N–H and O–H groups in total. The van der Waals surface area contributed by atoms with E-state index >= 15 is 0 Å². The second-order valence-electron chi connectivity index (χ2n) is 4.77. The van der Waals surface area contributed by atoms with Crippen LogP contribution in [0.25, 0.3) is 0 Å². The van der Waals surface area contributed by atoms with E-state index < -0.39 is 0 Å². The molecule has 1 saturated heterocycles. The van der Waals surface area contributed by atoms with Gasteiger partial charge in [0.15, 0.2) is 0 Å². The van der Waals surface area contributed by atoms with E-state index in [0.717, 1.165) is 18.9 Å². The van der Waals surface area contributed by atoms with Crippen LogP contribution in [-0.2, 0) is 0 Å². The van der Waals surface area contributed by atoms with Gasteiger partial charge in [-0.3, -0.25) is 0 Å². The molecule has 0 bridgehead atoms. The first-order valence-electron chi connectivity index (χ1n) is 5.70. The molecule has 1 aliphatic rings. The van der Waals surface area contributed by atoms with Crippen LogP contribution in [-0.4, -0.2) is 56.6 Å². The normalized spacial score (nSPS) is 26.8. The van der Waals surface area contributed by atoms with E-state index in [2.05, 4.69) is 30.9 Å². The Balaban J connectivity index is 2.48.